The molecule has 1 aromatic carbocycles. The molecule has 0 aliphatic carbocycles. The highest BCUT2D eigenvalue weighted by Crippen LogP contribution is 2.15. The molecule has 3 heteroatoms. The highest BCUT2D eigenvalue weighted by molar-refractivity contribution is 5.78. The van der Waals surface area contributed by atoms with E-state index < -0.39 is 0 Å². The molecular weight excluding hydrogens is 186 g/mol. The van der Waals surface area contributed by atoms with Crippen molar-refractivity contribution in [2.45, 2.75) is 13.8 Å². The molecule has 0 radical (unpaired) electrons. The Balaban J connectivity index is 2.23. The van der Waals surface area contributed by atoms with Crippen LogP contribution in [0.2, 0.25) is 0 Å². The predicted octanol–water partition coefficient (Wildman–Crippen LogP) is 2.70. The molecule has 0 fully saturated rings. The van der Waals surface area contributed by atoms with Crippen LogP contribution in [0.25, 0.3) is 11.0 Å². The smallest absolute Gasteiger partial charge is 0.0907 e. The quantitative estimate of drug-likeness (QED) is 0.829. The number of fused-ring (bicyclic) bond motifs is 1. The molecule has 0 bridgehead atoms. The van der Waals surface area contributed by atoms with Crippen molar-refractivity contribution >= 4 is 16.7 Å². The number of aromatic nitrogens is 2. The van der Waals surface area contributed by atoms with Crippen LogP contribution >= 0.6 is 0 Å². The molecule has 0 saturated carbocycles. The minimum atomic E-state index is 0.641. The van der Waals surface area contributed by atoms with Gasteiger partial charge < -0.3 is 5.32 Å². The van der Waals surface area contributed by atoms with Gasteiger partial charge in [0.1, 0.15) is 0 Å². The third-order valence-electron chi connectivity index (χ3n) is 2.18. The molecule has 2 aromatic rings. The lowest BCUT2D eigenvalue weighted by molar-refractivity contribution is 0.689. The van der Waals surface area contributed by atoms with Gasteiger partial charge in [-0.2, -0.15) is 0 Å². The van der Waals surface area contributed by atoms with Gasteiger partial charge in [0.05, 0.1) is 11.0 Å². The first-order chi connectivity index (χ1) is 7.25. The molecule has 1 heterocycles. The van der Waals surface area contributed by atoms with Gasteiger partial charge >= 0.3 is 0 Å². The monoisotopic (exact) mass is 201 g/mol. The van der Waals surface area contributed by atoms with Crippen LogP contribution in [0, 0.1) is 5.92 Å². The Bertz CT molecular complexity index is 451. The Hall–Kier alpha value is -1.64. The van der Waals surface area contributed by atoms with E-state index in [1.54, 1.807) is 12.4 Å². The summed E-state index contributed by atoms with van der Waals surface area (Å²) in [6, 6.07) is 6.06. The van der Waals surface area contributed by atoms with Crippen molar-refractivity contribution < 1.29 is 0 Å². The van der Waals surface area contributed by atoms with Gasteiger partial charge in [0.15, 0.2) is 0 Å². The van der Waals surface area contributed by atoms with Crippen LogP contribution in [0.3, 0.4) is 0 Å². The van der Waals surface area contributed by atoms with E-state index in [2.05, 4.69) is 29.1 Å². The maximum absolute atomic E-state index is 4.27. The van der Waals surface area contributed by atoms with Gasteiger partial charge in [0.2, 0.25) is 0 Å². The van der Waals surface area contributed by atoms with Crippen LogP contribution in [0.1, 0.15) is 13.8 Å². The zero-order chi connectivity index (χ0) is 10.7. The maximum Gasteiger partial charge on any atom is 0.0907 e. The minimum Gasteiger partial charge on any atom is -0.385 e. The standard InChI is InChI=1S/C12H15N3/c1-9(2)8-15-10-3-4-11-12(7-10)14-6-5-13-11/h3-7,9,15H,8H2,1-2H3. The lowest BCUT2D eigenvalue weighted by Gasteiger charge is -2.08. The molecular formula is C12H15N3. The summed E-state index contributed by atoms with van der Waals surface area (Å²) in [6.07, 6.45) is 3.43. The van der Waals surface area contributed by atoms with Gasteiger partial charge in [0.25, 0.3) is 0 Å². The summed E-state index contributed by atoms with van der Waals surface area (Å²) in [4.78, 5) is 8.49. The van der Waals surface area contributed by atoms with Gasteiger partial charge in [-0.05, 0) is 24.1 Å². The third-order valence-corrected chi connectivity index (χ3v) is 2.18. The zero-order valence-corrected chi connectivity index (χ0v) is 9.07. The minimum absolute atomic E-state index is 0.641. The number of nitrogens with zero attached hydrogens (tertiary/aromatic N) is 2. The summed E-state index contributed by atoms with van der Waals surface area (Å²) in [5.41, 5.74) is 2.98. The van der Waals surface area contributed by atoms with Crippen LogP contribution < -0.4 is 5.32 Å². The van der Waals surface area contributed by atoms with Crippen molar-refractivity contribution in [3.63, 3.8) is 0 Å². The van der Waals surface area contributed by atoms with E-state index in [1.165, 1.54) is 0 Å². The normalized spacial score (nSPS) is 10.9. The molecule has 0 amide bonds. The van der Waals surface area contributed by atoms with E-state index in [9.17, 15) is 0 Å². The SMILES string of the molecule is CC(C)CNc1ccc2nccnc2c1. The number of benzene rings is 1. The second-order valence-corrected chi connectivity index (χ2v) is 4.03. The van der Waals surface area contributed by atoms with E-state index >= 15 is 0 Å². The third kappa shape index (κ3) is 2.43. The number of rotatable bonds is 3. The van der Waals surface area contributed by atoms with Crippen LogP contribution in [-0.4, -0.2) is 16.5 Å². The second-order valence-electron chi connectivity index (χ2n) is 4.03. The van der Waals surface area contributed by atoms with E-state index in [-0.39, 0.29) is 0 Å². The van der Waals surface area contributed by atoms with Gasteiger partial charge in [-0.3, -0.25) is 9.97 Å². The Morgan fingerprint density at radius 3 is 2.60 bits per heavy atom. The van der Waals surface area contributed by atoms with Crippen molar-refractivity contribution in [2.24, 2.45) is 5.92 Å². The first kappa shape index (κ1) is 9.90. The average molecular weight is 201 g/mol. The van der Waals surface area contributed by atoms with Crippen LogP contribution in [-0.2, 0) is 0 Å². The molecule has 15 heavy (non-hydrogen) atoms. The van der Waals surface area contributed by atoms with Gasteiger partial charge in [-0.25, -0.2) is 0 Å². The van der Waals surface area contributed by atoms with Gasteiger partial charge in [-0.1, -0.05) is 13.8 Å². The summed E-state index contributed by atoms with van der Waals surface area (Å²) < 4.78 is 0. The molecule has 0 aliphatic rings. The molecule has 0 aliphatic heterocycles. The maximum atomic E-state index is 4.27. The lowest BCUT2D eigenvalue weighted by atomic mass is 10.2. The highest BCUT2D eigenvalue weighted by atomic mass is 14.9. The molecule has 3 nitrogen and oxygen atoms in total. The fourth-order valence-corrected chi connectivity index (χ4v) is 1.40. The summed E-state index contributed by atoms with van der Waals surface area (Å²) in [5.74, 6) is 0.641. The number of hydrogen-bond donors (Lipinski definition) is 1. The summed E-state index contributed by atoms with van der Waals surface area (Å²) in [5, 5.41) is 3.37. The Kier molecular flexibility index (Phi) is 2.81. The molecule has 0 atom stereocenters. The van der Waals surface area contributed by atoms with Crippen molar-refractivity contribution in [2.75, 3.05) is 11.9 Å². The first-order valence-corrected chi connectivity index (χ1v) is 5.20. The summed E-state index contributed by atoms with van der Waals surface area (Å²) in [7, 11) is 0. The van der Waals surface area contributed by atoms with Crippen molar-refractivity contribution in [1.82, 2.24) is 9.97 Å². The molecule has 2 rings (SSSR count). The Morgan fingerprint density at radius 2 is 1.87 bits per heavy atom. The van der Waals surface area contributed by atoms with Crippen LogP contribution in [0.15, 0.2) is 30.6 Å². The number of nitrogens with one attached hydrogen (secondary N) is 1. The molecule has 0 unspecified atom stereocenters. The molecule has 0 spiro atoms. The van der Waals surface area contributed by atoms with E-state index in [0.29, 0.717) is 5.92 Å². The number of hydrogen-bond acceptors (Lipinski definition) is 3. The topological polar surface area (TPSA) is 37.8 Å². The molecule has 0 saturated heterocycles. The van der Waals surface area contributed by atoms with Crippen molar-refractivity contribution in [1.29, 1.82) is 0 Å². The second kappa shape index (κ2) is 4.26. The van der Waals surface area contributed by atoms with Crippen molar-refractivity contribution in [3.05, 3.63) is 30.6 Å². The van der Waals surface area contributed by atoms with Crippen molar-refractivity contribution in [3.8, 4) is 0 Å². The van der Waals surface area contributed by atoms with Gasteiger partial charge in [0, 0.05) is 24.6 Å². The van der Waals surface area contributed by atoms with E-state index in [0.717, 1.165) is 23.3 Å². The summed E-state index contributed by atoms with van der Waals surface area (Å²) in [6.45, 7) is 5.35. The Labute approximate surface area is 89.6 Å². The van der Waals surface area contributed by atoms with Crippen LogP contribution in [0.4, 0.5) is 5.69 Å². The molecule has 78 valence electrons. The Morgan fingerprint density at radius 1 is 1.13 bits per heavy atom. The number of anilines is 1. The van der Waals surface area contributed by atoms with E-state index in [4.69, 9.17) is 0 Å². The highest BCUT2D eigenvalue weighted by Gasteiger charge is 1.98. The fraction of sp³-hybridized carbons (Fsp3) is 0.333. The largest absolute Gasteiger partial charge is 0.385 e. The fourth-order valence-electron chi connectivity index (χ4n) is 1.40. The zero-order valence-electron chi connectivity index (χ0n) is 9.07. The lowest BCUT2D eigenvalue weighted by Crippen LogP contribution is -2.07. The predicted molar refractivity (Wildman–Crippen MR) is 62.9 cm³/mol. The molecule has 1 aromatic heterocycles. The molecule has 1 N–H and O–H groups in total. The average Bonchev–Trinajstić information content (AvgIpc) is 2.26. The van der Waals surface area contributed by atoms with Gasteiger partial charge in [-0.15, -0.1) is 0 Å². The summed E-state index contributed by atoms with van der Waals surface area (Å²) >= 11 is 0. The van der Waals surface area contributed by atoms with E-state index in [1.807, 2.05) is 18.2 Å². The first-order valence-electron chi connectivity index (χ1n) is 5.20. The van der Waals surface area contributed by atoms with Crippen LogP contribution in [0.5, 0.6) is 0 Å².